The van der Waals surface area contributed by atoms with Crippen LogP contribution in [0.2, 0.25) is 0 Å². The highest BCUT2D eigenvalue weighted by Gasteiger charge is 2.17. The summed E-state index contributed by atoms with van der Waals surface area (Å²) < 4.78 is 1.18. The first-order chi connectivity index (χ1) is 11.5. The summed E-state index contributed by atoms with van der Waals surface area (Å²) in [6.07, 6.45) is 1.14. The molecule has 24 heavy (non-hydrogen) atoms. The monoisotopic (exact) mass is 331 g/mol. The molecule has 0 bridgehead atoms. The maximum atomic E-state index is 12.4. The standard InChI is InChI=1S/C18H25N3O3/c1-4-13(5-2)16(22)10-19-17(23)11-21-18(24)15-9-7-6-8-14(15)12(3)20-21/h6-9,13,16,22H,4-5,10-11H2,1-3H3,(H,19,23). The van der Waals surface area contributed by atoms with Crippen LogP contribution in [0.25, 0.3) is 10.8 Å². The van der Waals surface area contributed by atoms with Gasteiger partial charge in [0.2, 0.25) is 5.91 Å². The number of carbonyl (C=O) groups excluding carboxylic acids is 1. The second kappa shape index (κ2) is 8.06. The fraction of sp³-hybridized carbons (Fsp3) is 0.500. The molecule has 6 heteroatoms. The number of fused-ring (bicyclic) bond motifs is 1. The molecule has 0 saturated heterocycles. The molecule has 1 heterocycles. The van der Waals surface area contributed by atoms with Gasteiger partial charge >= 0.3 is 0 Å². The molecule has 0 saturated carbocycles. The third-order valence-corrected chi connectivity index (χ3v) is 4.45. The Hall–Kier alpha value is -2.21. The molecule has 1 unspecified atom stereocenters. The van der Waals surface area contributed by atoms with Gasteiger partial charge in [-0.2, -0.15) is 5.10 Å². The van der Waals surface area contributed by atoms with Crippen molar-refractivity contribution in [3.8, 4) is 0 Å². The van der Waals surface area contributed by atoms with E-state index in [1.165, 1.54) is 4.68 Å². The summed E-state index contributed by atoms with van der Waals surface area (Å²) in [6.45, 7) is 5.88. The van der Waals surface area contributed by atoms with Crippen LogP contribution in [-0.2, 0) is 11.3 Å². The summed E-state index contributed by atoms with van der Waals surface area (Å²) in [7, 11) is 0. The summed E-state index contributed by atoms with van der Waals surface area (Å²) >= 11 is 0. The van der Waals surface area contributed by atoms with Crippen molar-refractivity contribution >= 4 is 16.7 Å². The van der Waals surface area contributed by atoms with E-state index in [4.69, 9.17) is 0 Å². The number of aryl methyl sites for hydroxylation is 1. The maximum Gasteiger partial charge on any atom is 0.275 e. The van der Waals surface area contributed by atoms with Crippen LogP contribution in [0.5, 0.6) is 0 Å². The van der Waals surface area contributed by atoms with Crippen molar-refractivity contribution in [1.82, 2.24) is 15.1 Å². The average Bonchev–Trinajstić information content (AvgIpc) is 2.59. The van der Waals surface area contributed by atoms with Crippen LogP contribution in [0.1, 0.15) is 32.4 Å². The molecule has 0 aliphatic heterocycles. The Morgan fingerprint density at radius 2 is 1.88 bits per heavy atom. The number of carbonyl (C=O) groups is 1. The molecule has 6 nitrogen and oxygen atoms in total. The van der Waals surface area contributed by atoms with Crippen LogP contribution in [0.15, 0.2) is 29.1 Å². The Kier molecular flexibility index (Phi) is 6.09. The number of nitrogens with zero attached hydrogens (tertiary/aromatic N) is 2. The molecule has 2 rings (SSSR count). The largest absolute Gasteiger partial charge is 0.391 e. The summed E-state index contributed by atoms with van der Waals surface area (Å²) in [5.41, 5.74) is 0.418. The third-order valence-electron chi connectivity index (χ3n) is 4.45. The number of rotatable bonds is 7. The van der Waals surface area contributed by atoms with Crippen molar-refractivity contribution in [1.29, 1.82) is 0 Å². The summed E-state index contributed by atoms with van der Waals surface area (Å²) in [5, 5.41) is 18.3. The molecule has 0 fully saturated rings. The smallest absolute Gasteiger partial charge is 0.275 e. The lowest BCUT2D eigenvalue weighted by Crippen LogP contribution is -2.39. The molecule has 0 aliphatic rings. The minimum Gasteiger partial charge on any atom is -0.391 e. The van der Waals surface area contributed by atoms with Gasteiger partial charge < -0.3 is 10.4 Å². The normalized spacial score (nSPS) is 12.5. The highest BCUT2D eigenvalue weighted by atomic mass is 16.3. The Morgan fingerprint density at radius 3 is 2.50 bits per heavy atom. The van der Waals surface area contributed by atoms with Gasteiger partial charge in [0.1, 0.15) is 6.54 Å². The van der Waals surface area contributed by atoms with Crippen molar-refractivity contribution in [2.75, 3.05) is 6.54 Å². The van der Waals surface area contributed by atoms with Gasteiger partial charge in [-0.1, -0.05) is 44.9 Å². The minimum absolute atomic E-state index is 0.153. The Bertz CT molecular complexity index is 766. The zero-order chi connectivity index (χ0) is 17.7. The number of aromatic nitrogens is 2. The van der Waals surface area contributed by atoms with Gasteiger partial charge in [0.25, 0.3) is 5.56 Å². The van der Waals surface area contributed by atoms with Crippen LogP contribution >= 0.6 is 0 Å². The predicted octanol–water partition coefficient (Wildman–Crippen LogP) is 1.62. The molecule has 1 aromatic heterocycles. The van der Waals surface area contributed by atoms with E-state index in [2.05, 4.69) is 10.4 Å². The van der Waals surface area contributed by atoms with Crippen LogP contribution in [0.3, 0.4) is 0 Å². The topological polar surface area (TPSA) is 84.2 Å². The molecular formula is C18H25N3O3. The Balaban J connectivity index is 2.08. The van der Waals surface area contributed by atoms with Crippen molar-refractivity contribution in [3.63, 3.8) is 0 Å². The molecule has 2 aromatic rings. The summed E-state index contributed by atoms with van der Waals surface area (Å²) in [6, 6.07) is 7.22. The van der Waals surface area contributed by atoms with E-state index in [-0.39, 0.29) is 30.5 Å². The van der Waals surface area contributed by atoms with Gasteiger partial charge in [-0.25, -0.2) is 4.68 Å². The highest BCUT2D eigenvalue weighted by molar-refractivity contribution is 5.83. The first kappa shape index (κ1) is 18.1. The van der Waals surface area contributed by atoms with E-state index in [1.807, 2.05) is 32.9 Å². The zero-order valence-electron chi connectivity index (χ0n) is 14.5. The fourth-order valence-corrected chi connectivity index (χ4v) is 2.92. The van der Waals surface area contributed by atoms with Gasteiger partial charge in [-0.05, 0) is 18.9 Å². The van der Waals surface area contributed by atoms with Crippen LogP contribution in [-0.4, -0.2) is 33.4 Å². The molecular weight excluding hydrogens is 306 g/mol. The van der Waals surface area contributed by atoms with Crippen molar-refractivity contribution in [2.45, 2.75) is 46.3 Å². The number of amides is 1. The summed E-state index contributed by atoms with van der Waals surface area (Å²) in [4.78, 5) is 24.5. The number of aliphatic hydroxyl groups is 1. The van der Waals surface area contributed by atoms with Crippen molar-refractivity contribution in [3.05, 3.63) is 40.3 Å². The van der Waals surface area contributed by atoms with Gasteiger partial charge in [0.05, 0.1) is 17.2 Å². The fourth-order valence-electron chi connectivity index (χ4n) is 2.92. The Morgan fingerprint density at radius 1 is 1.25 bits per heavy atom. The molecule has 0 aliphatic carbocycles. The first-order valence-electron chi connectivity index (χ1n) is 8.39. The quantitative estimate of drug-likeness (QED) is 0.807. The second-order valence-corrected chi connectivity index (χ2v) is 6.04. The molecule has 130 valence electrons. The zero-order valence-corrected chi connectivity index (χ0v) is 14.5. The van der Waals surface area contributed by atoms with E-state index in [1.54, 1.807) is 12.1 Å². The lowest BCUT2D eigenvalue weighted by molar-refractivity contribution is -0.122. The molecule has 1 amide bonds. The SMILES string of the molecule is CCC(CC)C(O)CNC(=O)Cn1nc(C)c2ccccc2c1=O. The van der Waals surface area contributed by atoms with Crippen LogP contribution < -0.4 is 10.9 Å². The number of aliphatic hydroxyl groups excluding tert-OH is 1. The van der Waals surface area contributed by atoms with E-state index < -0.39 is 6.10 Å². The maximum absolute atomic E-state index is 12.4. The number of hydrogen-bond donors (Lipinski definition) is 2. The Labute approximate surface area is 141 Å². The van der Waals surface area contributed by atoms with Crippen molar-refractivity contribution < 1.29 is 9.90 Å². The molecule has 1 atom stereocenters. The molecule has 1 aromatic carbocycles. The van der Waals surface area contributed by atoms with Crippen molar-refractivity contribution in [2.24, 2.45) is 5.92 Å². The summed E-state index contributed by atoms with van der Waals surface area (Å²) in [5.74, 6) is -0.168. The number of hydrogen-bond acceptors (Lipinski definition) is 4. The van der Waals surface area contributed by atoms with E-state index in [9.17, 15) is 14.7 Å². The number of benzene rings is 1. The molecule has 0 spiro atoms. The second-order valence-electron chi connectivity index (χ2n) is 6.04. The van der Waals surface area contributed by atoms with Crippen LogP contribution in [0.4, 0.5) is 0 Å². The average molecular weight is 331 g/mol. The third kappa shape index (κ3) is 4.00. The van der Waals surface area contributed by atoms with Gasteiger partial charge in [-0.3, -0.25) is 9.59 Å². The van der Waals surface area contributed by atoms with E-state index >= 15 is 0 Å². The minimum atomic E-state index is -0.577. The van der Waals surface area contributed by atoms with Crippen LogP contribution in [0, 0.1) is 12.8 Å². The van der Waals surface area contributed by atoms with Gasteiger partial charge in [0.15, 0.2) is 0 Å². The predicted molar refractivity (Wildman–Crippen MR) is 93.8 cm³/mol. The van der Waals surface area contributed by atoms with Gasteiger partial charge in [0, 0.05) is 11.9 Å². The lowest BCUT2D eigenvalue weighted by atomic mass is 9.96. The lowest BCUT2D eigenvalue weighted by Gasteiger charge is -2.20. The highest BCUT2D eigenvalue weighted by Crippen LogP contribution is 2.13. The van der Waals surface area contributed by atoms with Gasteiger partial charge in [-0.15, -0.1) is 0 Å². The van der Waals surface area contributed by atoms with E-state index in [0.29, 0.717) is 11.1 Å². The number of nitrogens with one attached hydrogen (secondary N) is 1. The molecule has 2 N–H and O–H groups in total. The molecule has 0 radical (unpaired) electrons. The first-order valence-corrected chi connectivity index (χ1v) is 8.39. The van der Waals surface area contributed by atoms with E-state index in [0.717, 1.165) is 18.2 Å².